The molecule has 1 aromatic heterocycles. The van der Waals surface area contributed by atoms with Crippen molar-refractivity contribution in [2.75, 3.05) is 0 Å². The largest absolute Gasteiger partial charge is 0.459 e. The zero-order chi connectivity index (χ0) is 28.2. The molecule has 2 aliphatic rings. The third-order valence-electron chi connectivity index (χ3n) is 8.87. The summed E-state index contributed by atoms with van der Waals surface area (Å²) in [5, 5.41) is 7.96. The number of benzene rings is 1. The highest BCUT2D eigenvalue weighted by atomic mass is 79.9. The van der Waals surface area contributed by atoms with Gasteiger partial charge in [-0.1, -0.05) is 78.7 Å². The first-order valence-electron chi connectivity index (χ1n) is 13.7. The van der Waals surface area contributed by atoms with Crippen LogP contribution in [0.5, 0.6) is 0 Å². The Labute approximate surface area is 239 Å². The highest BCUT2D eigenvalue weighted by Gasteiger charge is 2.52. The SMILES string of the molecule is C=C1CC[C@H]2C(C)(C)CCC[C@]2(C)C1C/C=C(/C=O)CC(=O)OCc1cn(CC(=O)c2ccc(Br)cc2)nn1. The molecule has 2 saturated carbocycles. The molecule has 7 nitrogen and oxygen atoms in total. The molecule has 0 saturated heterocycles. The lowest BCUT2D eigenvalue weighted by atomic mass is 9.47. The van der Waals surface area contributed by atoms with Crippen LogP contribution in [0.2, 0.25) is 0 Å². The van der Waals surface area contributed by atoms with Crippen LogP contribution in [0.4, 0.5) is 0 Å². The van der Waals surface area contributed by atoms with Crippen LogP contribution in [-0.2, 0) is 27.5 Å². The smallest absolute Gasteiger partial charge is 0.310 e. The number of Topliss-reactive ketones (excluding diaryl/α,β-unsaturated/α-hetero) is 1. The number of ether oxygens (including phenoxy) is 1. The van der Waals surface area contributed by atoms with E-state index >= 15 is 0 Å². The van der Waals surface area contributed by atoms with Crippen LogP contribution in [0.25, 0.3) is 0 Å². The van der Waals surface area contributed by atoms with Crippen LogP contribution in [0.1, 0.15) is 81.8 Å². The van der Waals surface area contributed by atoms with Crippen molar-refractivity contribution in [2.45, 2.75) is 78.9 Å². The minimum Gasteiger partial charge on any atom is -0.459 e. The van der Waals surface area contributed by atoms with Gasteiger partial charge in [-0.15, -0.1) is 5.10 Å². The first-order chi connectivity index (χ1) is 18.5. The van der Waals surface area contributed by atoms with E-state index in [0.29, 0.717) is 40.5 Å². The monoisotopic (exact) mass is 595 g/mol. The molecule has 2 aliphatic carbocycles. The van der Waals surface area contributed by atoms with Crippen molar-refractivity contribution < 1.29 is 19.1 Å². The van der Waals surface area contributed by atoms with Gasteiger partial charge in [0, 0.05) is 10.0 Å². The first-order valence-corrected chi connectivity index (χ1v) is 14.5. The number of fused-ring (bicyclic) bond motifs is 1. The lowest BCUT2D eigenvalue weighted by molar-refractivity contribution is -0.144. The second-order valence-electron chi connectivity index (χ2n) is 12.0. The van der Waals surface area contributed by atoms with E-state index in [-0.39, 0.29) is 30.8 Å². The summed E-state index contributed by atoms with van der Waals surface area (Å²) >= 11 is 3.35. The second-order valence-corrected chi connectivity index (χ2v) is 12.9. The summed E-state index contributed by atoms with van der Waals surface area (Å²) in [5.74, 6) is 0.330. The maximum Gasteiger partial charge on any atom is 0.310 e. The minimum absolute atomic E-state index is 0.0318. The van der Waals surface area contributed by atoms with Crippen molar-refractivity contribution in [1.29, 1.82) is 0 Å². The molecule has 1 heterocycles. The highest BCUT2D eigenvalue weighted by molar-refractivity contribution is 9.10. The van der Waals surface area contributed by atoms with Gasteiger partial charge in [0.25, 0.3) is 0 Å². The first kappa shape index (κ1) is 29.1. The maximum atomic E-state index is 12.5. The van der Waals surface area contributed by atoms with E-state index in [1.165, 1.54) is 35.9 Å². The molecule has 2 aromatic rings. The highest BCUT2D eigenvalue weighted by Crippen LogP contribution is 2.61. The van der Waals surface area contributed by atoms with Crippen molar-refractivity contribution in [1.82, 2.24) is 15.0 Å². The molecule has 0 radical (unpaired) electrons. The van der Waals surface area contributed by atoms with Gasteiger partial charge in [-0.05, 0) is 72.5 Å². The van der Waals surface area contributed by atoms with Crippen molar-refractivity contribution in [3.05, 3.63) is 70.0 Å². The number of esters is 1. The molecule has 0 bridgehead atoms. The molecular formula is C31H38BrN3O4. The lowest BCUT2D eigenvalue weighted by Crippen LogP contribution is -2.49. The molecular weight excluding hydrogens is 558 g/mol. The Morgan fingerprint density at radius 1 is 1.21 bits per heavy atom. The number of rotatable bonds is 10. The number of allylic oxidation sites excluding steroid dienone is 2. The Hall–Kier alpha value is -2.87. The third kappa shape index (κ3) is 6.83. The Morgan fingerprint density at radius 2 is 1.95 bits per heavy atom. The number of carbonyl (C=O) groups excluding carboxylic acids is 3. The van der Waals surface area contributed by atoms with Gasteiger partial charge >= 0.3 is 5.97 Å². The van der Waals surface area contributed by atoms with Gasteiger partial charge < -0.3 is 4.74 Å². The number of aldehydes is 1. The van der Waals surface area contributed by atoms with Gasteiger partial charge in [0.1, 0.15) is 25.1 Å². The predicted molar refractivity (Wildman–Crippen MR) is 153 cm³/mol. The molecule has 0 N–H and O–H groups in total. The number of carbonyl (C=O) groups is 3. The summed E-state index contributed by atoms with van der Waals surface area (Å²) in [4.78, 5) is 36.8. The number of hydrogen-bond acceptors (Lipinski definition) is 6. The fourth-order valence-electron chi connectivity index (χ4n) is 6.87. The van der Waals surface area contributed by atoms with Gasteiger partial charge in [-0.2, -0.15) is 0 Å². The normalized spacial score (nSPS) is 24.6. The van der Waals surface area contributed by atoms with Crippen molar-refractivity contribution in [3.8, 4) is 0 Å². The Kier molecular flexibility index (Phi) is 9.04. The lowest BCUT2D eigenvalue weighted by Gasteiger charge is -2.58. The van der Waals surface area contributed by atoms with Crippen LogP contribution in [0, 0.1) is 22.7 Å². The standard InChI is InChI=1S/C31H38BrN3O4/c1-21-6-13-28-30(2,3)14-5-15-31(28,4)26(21)12-7-22(19-36)16-29(38)39-20-25-17-35(34-33-25)18-27(37)23-8-10-24(32)11-9-23/h7-11,17,19,26,28H,1,5-6,12-16,18,20H2,2-4H3/b22-7+/t26?,28-,31+/m0/s1. The molecule has 39 heavy (non-hydrogen) atoms. The van der Waals surface area contributed by atoms with Gasteiger partial charge in [0.2, 0.25) is 0 Å². The van der Waals surface area contributed by atoms with Crippen LogP contribution in [-0.4, -0.2) is 33.0 Å². The van der Waals surface area contributed by atoms with Crippen LogP contribution < -0.4 is 0 Å². The Balaban J connectivity index is 1.31. The van der Waals surface area contributed by atoms with E-state index < -0.39 is 5.97 Å². The molecule has 1 aromatic carbocycles. The molecule has 0 aliphatic heterocycles. The molecule has 4 rings (SSSR count). The molecule has 0 amide bonds. The molecule has 1 unspecified atom stereocenters. The Bertz CT molecular complexity index is 1260. The average Bonchev–Trinajstić information content (AvgIpc) is 3.33. The van der Waals surface area contributed by atoms with Gasteiger partial charge in [0.05, 0.1) is 12.6 Å². The molecule has 0 spiro atoms. The van der Waals surface area contributed by atoms with E-state index in [2.05, 4.69) is 53.6 Å². The van der Waals surface area contributed by atoms with Crippen LogP contribution >= 0.6 is 15.9 Å². The molecule has 208 valence electrons. The second kappa shape index (κ2) is 12.1. The molecule has 8 heteroatoms. The molecule has 3 atom stereocenters. The van der Waals surface area contributed by atoms with Crippen molar-refractivity contribution >= 4 is 34.0 Å². The van der Waals surface area contributed by atoms with Crippen LogP contribution in [0.3, 0.4) is 0 Å². The van der Waals surface area contributed by atoms with E-state index in [1.54, 1.807) is 30.5 Å². The zero-order valence-corrected chi connectivity index (χ0v) is 24.7. The van der Waals surface area contributed by atoms with E-state index in [1.807, 2.05) is 6.08 Å². The number of hydrogen-bond donors (Lipinski definition) is 0. The molecule has 2 fully saturated rings. The predicted octanol–water partition coefficient (Wildman–Crippen LogP) is 6.67. The Morgan fingerprint density at radius 3 is 2.67 bits per heavy atom. The summed E-state index contributed by atoms with van der Waals surface area (Å²) in [5.41, 5.74) is 3.16. The van der Waals surface area contributed by atoms with E-state index in [0.717, 1.165) is 17.2 Å². The van der Waals surface area contributed by atoms with Gasteiger partial charge in [-0.25, -0.2) is 4.68 Å². The number of aromatic nitrogens is 3. The van der Waals surface area contributed by atoms with Crippen LogP contribution in [0.15, 0.2) is 58.7 Å². The summed E-state index contributed by atoms with van der Waals surface area (Å²) in [6.07, 6.45) is 10.7. The van der Waals surface area contributed by atoms with Gasteiger partial charge in [-0.3, -0.25) is 14.4 Å². The number of nitrogens with zero attached hydrogens (tertiary/aromatic N) is 3. The maximum absolute atomic E-state index is 12.5. The van der Waals surface area contributed by atoms with E-state index in [9.17, 15) is 14.4 Å². The van der Waals surface area contributed by atoms with Gasteiger partial charge in [0.15, 0.2) is 5.78 Å². The summed E-state index contributed by atoms with van der Waals surface area (Å²) in [6.45, 7) is 11.5. The zero-order valence-electron chi connectivity index (χ0n) is 23.1. The third-order valence-corrected chi connectivity index (χ3v) is 9.40. The fraction of sp³-hybridized carbons (Fsp3) is 0.516. The minimum atomic E-state index is -0.501. The average molecular weight is 597 g/mol. The quantitative estimate of drug-likeness (QED) is 0.100. The summed E-state index contributed by atoms with van der Waals surface area (Å²) in [6, 6.07) is 7.09. The number of halogens is 1. The number of ketones is 1. The topological polar surface area (TPSA) is 91.2 Å². The fourth-order valence-corrected chi connectivity index (χ4v) is 7.13. The summed E-state index contributed by atoms with van der Waals surface area (Å²) in [7, 11) is 0. The van der Waals surface area contributed by atoms with Crippen molar-refractivity contribution in [2.24, 2.45) is 22.7 Å². The van der Waals surface area contributed by atoms with Crippen molar-refractivity contribution in [3.63, 3.8) is 0 Å². The summed E-state index contributed by atoms with van der Waals surface area (Å²) < 4.78 is 7.67. The van der Waals surface area contributed by atoms with E-state index in [4.69, 9.17) is 4.74 Å².